The zero-order valence-corrected chi connectivity index (χ0v) is 9.38. The molecule has 1 aromatic heterocycles. The van der Waals surface area contributed by atoms with Crippen molar-refractivity contribution in [2.75, 3.05) is 5.32 Å². The van der Waals surface area contributed by atoms with Crippen molar-refractivity contribution in [1.29, 1.82) is 5.26 Å². The molecule has 0 spiro atoms. The first-order valence-electron chi connectivity index (χ1n) is 4.14. The molecular formula is C8H10N4O2S. The minimum Gasteiger partial charge on any atom is -0.444 e. The number of anilines is 1. The van der Waals surface area contributed by atoms with Crippen molar-refractivity contribution in [1.82, 2.24) is 9.36 Å². The van der Waals surface area contributed by atoms with Crippen LogP contribution in [0.2, 0.25) is 0 Å². The number of nitriles is 1. The molecule has 1 heterocycles. The van der Waals surface area contributed by atoms with Crippen molar-refractivity contribution in [2.45, 2.75) is 26.4 Å². The number of hydrogen-bond donors (Lipinski definition) is 1. The predicted octanol–water partition coefficient (Wildman–Crippen LogP) is 1.76. The van der Waals surface area contributed by atoms with E-state index in [9.17, 15) is 4.79 Å². The van der Waals surface area contributed by atoms with Crippen molar-refractivity contribution in [3.8, 4) is 6.07 Å². The van der Waals surface area contributed by atoms with Crippen LogP contribution >= 0.6 is 11.5 Å². The van der Waals surface area contributed by atoms with Crippen LogP contribution in [0.25, 0.3) is 0 Å². The number of nitrogens with zero attached hydrogens (tertiary/aromatic N) is 3. The number of aromatic nitrogens is 2. The summed E-state index contributed by atoms with van der Waals surface area (Å²) < 4.78 is 8.67. The Kier molecular flexibility index (Phi) is 3.21. The van der Waals surface area contributed by atoms with Crippen molar-refractivity contribution < 1.29 is 9.53 Å². The normalized spacial score (nSPS) is 10.5. The average Bonchev–Trinajstić information content (AvgIpc) is 2.48. The smallest absolute Gasteiger partial charge is 0.414 e. The maximum Gasteiger partial charge on any atom is 0.414 e. The summed E-state index contributed by atoms with van der Waals surface area (Å²) >= 11 is 0.933. The minimum absolute atomic E-state index is 0.0334. The molecule has 1 N–H and O–H groups in total. The first kappa shape index (κ1) is 11.4. The molecule has 80 valence electrons. The van der Waals surface area contributed by atoms with Crippen LogP contribution in [0.4, 0.5) is 9.93 Å². The molecule has 0 aliphatic rings. The molecule has 0 atom stereocenters. The van der Waals surface area contributed by atoms with E-state index in [1.807, 2.05) is 0 Å². The van der Waals surface area contributed by atoms with Crippen LogP contribution in [0.15, 0.2) is 0 Å². The minimum atomic E-state index is -0.608. The monoisotopic (exact) mass is 226 g/mol. The van der Waals surface area contributed by atoms with Gasteiger partial charge in [0.15, 0.2) is 0 Å². The zero-order chi connectivity index (χ0) is 11.5. The lowest BCUT2D eigenvalue weighted by Gasteiger charge is -2.18. The van der Waals surface area contributed by atoms with E-state index < -0.39 is 11.7 Å². The molecular weight excluding hydrogens is 216 g/mol. The highest BCUT2D eigenvalue weighted by Crippen LogP contribution is 2.13. The molecule has 0 aromatic carbocycles. The van der Waals surface area contributed by atoms with Gasteiger partial charge in [-0.3, -0.25) is 5.32 Å². The third-order valence-corrected chi connectivity index (χ3v) is 1.76. The van der Waals surface area contributed by atoms with E-state index in [4.69, 9.17) is 10.00 Å². The molecule has 1 amide bonds. The number of carbonyl (C=O) groups excluding carboxylic acids is 1. The number of ether oxygens (including phenoxy) is 1. The Labute approximate surface area is 91.1 Å². The molecule has 1 aromatic rings. The summed E-state index contributed by atoms with van der Waals surface area (Å²) in [6.45, 7) is 5.27. The highest BCUT2D eigenvalue weighted by atomic mass is 32.1. The van der Waals surface area contributed by atoms with E-state index in [1.54, 1.807) is 26.8 Å². The predicted molar refractivity (Wildman–Crippen MR) is 54.5 cm³/mol. The van der Waals surface area contributed by atoms with Gasteiger partial charge in [-0.15, -0.1) is 0 Å². The van der Waals surface area contributed by atoms with Crippen LogP contribution in [0.3, 0.4) is 0 Å². The van der Waals surface area contributed by atoms with Gasteiger partial charge in [-0.1, -0.05) is 0 Å². The standard InChI is InChI=1S/C8H10N4O2S/c1-8(2,3)14-7(13)11-6-10-5(4-9)12-15-6/h1-3H3,(H,10,11,12,13). The first-order chi connectivity index (χ1) is 6.90. The van der Waals surface area contributed by atoms with Gasteiger partial charge in [0.2, 0.25) is 11.0 Å². The maximum absolute atomic E-state index is 11.2. The Bertz CT molecular complexity index is 402. The van der Waals surface area contributed by atoms with Crippen LogP contribution < -0.4 is 5.32 Å². The summed E-state index contributed by atoms with van der Waals surface area (Å²) in [6.07, 6.45) is -0.608. The number of nitrogens with one attached hydrogen (secondary N) is 1. The lowest BCUT2D eigenvalue weighted by Crippen LogP contribution is -2.27. The van der Waals surface area contributed by atoms with Crippen LogP contribution in [0.1, 0.15) is 26.6 Å². The Balaban J connectivity index is 2.56. The summed E-state index contributed by atoms with van der Waals surface area (Å²) in [7, 11) is 0. The van der Waals surface area contributed by atoms with Crippen LogP contribution in [-0.2, 0) is 4.74 Å². The molecule has 0 saturated heterocycles. The van der Waals surface area contributed by atoms with Crippen LogP contribution in [0, 0.1) is 11.3 Å². The summed E-state index contributed by atoms with van der Waals surface area (Å²) in [5, 5.41) is 11.1. The number of amides is 1. The van der Waals surface area contributed by atoms with Gasteiger partial charge in [-0.05, 0) is 20.8 Å². The second kappa shape index (κ2) is 4.23. The van der Waals surface area contributed by atoms with Gasteiger partial charge in [0, 0.05) is 11.5 Å². The van der Waals surface area contributed by atoms with Gasteiger partial charge in [0.1, 0.15) is 11.7 Å². The SMILES string of the molecule is CC(C)(C)OC(=O)Nc1nc(C#N)ns1. The molecule has 0 fully saturated rings. The molecule has 0 bridgehead atoms. The van der Waals surface area contributed by atoms with Gasteiger partial charge in [-0.2, -0.15) is 14.6 Å². The van der Waals surface area contributed by atoms with Crippen molar-refractivity contribution >= 4 is 22.8 Å². The fraction of sp³-hybridized carbons (Fsp3) is 0.500. The van der Waals surface area contributed by atoms with E-state index in [-0.39, 0.29) is 11.0 Å². The molecule has 6 nitrogen and oxygen atoms in total. The fourth-order valence-corrected chi connectivity index (χ4v) is 1.22. The Hall–Kier alpha value is -1.68. The molecule has 0 saturated carbocycles. The molecule has 0 radical (unpaired) electrons. The van der Waals surface area contributed by atoms with E-state index in [1.165, 1.54) is 0 Å². The maximum atomic E-state index is 11.2. The van der Waals surface area contributed by atoms with Crippen LogP contribution in [0.5, 0.6) is 0 Å². The van der Waals surface area contributed by atoms with E-state index in [0.29, 0.717) is 0 Å². The van der Waals surface area contributed by atoms with Crippen molar-refractivity contribution in [2.24, 2.45) is 0 Å². The van der Waals surface area contributed by atoms with Crippen molar-refractivity contribution in [3.05, 3.63) is 5.82 Å². The van der Waals surface area contributed by atoms with E-state index >= 15 is 0 Å². The zero-order valence-electron chi connectivity index (χ0n) is 8.57. The third kappa shape index (κ3) is 3.91. The molecule has 7 heteroatoms. The Morgan fingerprint density at radius 2 is 2.27 bits per heavy atom. The molecule has 1 rings (SSSR count). The number of rotatable bonds is 1. The summed E-state index contributed by atoms with van der Waals surface area (Å²) in [6, 6.07) is 1.76. The third-order valence-electron chi connectivity index (χ3n) is 1.13. The lowest BCUT2D eigenvalue weighted by molar-refractivity contribution is 0.0636. The van der Waals surface area contributed by atoms with Gasteiger partial charge in [0.05, 0.1) is 0 Å². The second-order valence-corrected chi connectivity index (χ2v) is 4.41. The molecule has 0 aliphatic carbocycles. The highest BCUT2D eigenvalue weighted by Gasteiger charge is 2.17. The number of carbonyl (C=O) groups is 1. The fourth-order valence-electron chi connectivity index (χ4n) is 0.711. The van der Waals surface area contributed by atoms with Gasteiger partial charge in [-0.25, -0.2) is 4.79 Å². The lowest BCUT2D eigenvalue weighted by atomic mass is 10.2. The van der Waals surface area contributed by atoms with Crippen LogP contribution in [-0.4, -0.2) is 21.1 Å². The Morgan fingerprint density at radius 1 is 1.60 bits per heavy atom. The van der Waals surface area contributed by atoms with Gasteiger partial charge >= 0.3 is 6.09 Å². The quantitative estimate of drug-likeness (QED) is 0.788. The highest BCUT2D eigenvalue weighted by molar-refractivity contribution is 7.09. The summed E-state index contributed by atoms with van der Waals surface area (Å²) in [4.78, 5) is 15.0. The molecule has 0 unspecified atom stereocenters. The molecule has 15 heavy (non-hydrogen) atoms. The molecule has 0 aliphatic heterocycles. The topological polar surface area (TPSA) is 87.9 Å². The summed E-state index contributed by atoms with van der Waals surface area (Å²) in [5.41, 5.74) is -0.563. The largest absolute Gasteiger partial charge is 0.444 e. The second-order valence-electron chi connectivity index (χ2n) is 3.66. The van der Waals surface area contributed by atoms with E-state index in [0.717, 1.165) is 11.5 Å². The summed E-state index contributed by atoms with van der Waals surface area (Å²) in [5.74, 6) is 0.0334. The first-order valence-corrected chi connectivity index (χ1v) is 4.92. The Morgan fingerprint density at radius 3 is 2.73 bits per heavy atom. The van der Waals surface area contributed by atoms with E-state index in [2.05, 4.69) is 14.7 Å². The van der Waals surface area contributed by atoms with Gasteiger partial charge < -0.3 is 4.74 Å². The average molecular weight is 226 g/mol. The number of hydrogen-bond acceptors (Lipinski definition) is 6. The van der Waals surface area contributed by atoms with Gasteiger partial charge in [0.25, 0.3) is 0 Å². The van der Waals surface area contributed by atoms with Crippen molar-refractivity contribution in [3.63, 3.8) is 0 Å².